The van der Waals surface area contributed by atoms with E-state index in [9.17, 15) is 0 Å². The molecule has 1 heteroatoms. The van der Waals surface area contributed by atoms with Crippen LogP contribution in [0.5, 0.6) is 0 Å². The second-order valence-corrected chi connectivity index (χ2v) is 6.57. The van der Waals surface area contributed by atoms with Crippen LogP contribution < -0.4 is 0 Å². The van der Waals surface area contributed by atoms with E-state index in [4.69, 9.17) is 4.42 Å². The van der Waals surface area contributed by atoms with E-state index in [1.54, 1.807) is 0 Å². The van der Waals surface area contributed by atoms with Gasteiger partial charge in [0.2, 0.25) is 0 Å². The van der Waals surface area contributed by atoms with Crippen LogP contribution in [0.4, 0.5) is 0 Å². The molecule has 1 aliphatic rings. The summed E-state index contributed by atoms with van der Waals surface area (Å²) in [6, 6.07) is 25.9. The van der Waals surface area contributed by atoms with Gasteiger partial charge in [0.1, 0.15) is 11.2 Å². The van der Waals surface area contributed by atoms with Gasteiger partial charge in [0, 0.05) is 10.8 Å². The highest BCUT2D eigenvalue weighted by Gasteiger charge is 2.25. The summed E-state index contributed by atoms with van der Waals surface area (Å²) in [6.07, 6.45) is 1.00. The first kappa shape index (κ1) is 12.4. The molecule has 1 heterocycles. The highest BCUT2D eigenvalue weighted by molar-refractivity contribution is 6.17. The van der Waals surface area contributed by atoms with Crippen LogP contribution >= 0.6 is 0 Å². The Labute approximate surface area is 139 Å². The third-order valence-electron chi connectivity index (χ3n) is 5.28. The predicted molar refractivity (Wildman–Crippen MR) is 99.5 cm³/mol. The summed E-state index contributed by atoms with van der Waals surface area (Å²) in [4.78, 5) is 0. The lowest BCUT2D eigenvalue weighted by Crippen LogP contribution is -1.82. The fraction of sp³-hybridized carbons (Fsp3) is 0.0435. The van der Waals surface area contributed by atoms with Gasteiger partial charge in [-0.1, -0.05) is 60.7 Å². The summed E-state index contributed by atoms with van der Waals surface area (Å²) in [6.45, 7) is 0. The van der Waals surface area contributed by atoms with E-state index < -0.39 is 0 Å². The lowest BCUT2D eigenvalue weighted by atomic mass is 9.95. The molecule has 0 spiro atoms. The smallest absolute Gasteiger partial charge is 0.136 e. The van der Waals surface area contributed by atoms with Crippen molar-refractivity contribution in [1.29, 1.82) is 0 Å². The Bertz CT molecular complexity index is 1270. The second kappa shape index (κ2) is 4.27. The molecule has 1 aliphatic carbocycles. The van der Waals surface area contributed by atoms with Gasteiger partial charge in [-0.2, -0.15) is 0 Å². The number of hydrogen-bond donors (Lipinski definition) is 0. The van der Waals surface area contributed by atoms with E-state index in [1.165, 1.54) is 43.8 Å². The van der Waals surface area contributed by atoms with Crippen molar-refractivity contribution in [3.05, 3.63) is 83.9 Å². The van der Waals surface area contributed by atoms with Gasteiger partial charge < -0.3 is 4.42 Å². The third-order valence-corrected chi connectivity index (χ3v) is 5.28. The van der Waals surface area contributed by atoms with Crippen molar-refractivity contribution >= 4 is 32.7 Å². The zero-order valence-electron chi connectivity index (χ0n) is 13.0. The average Bonchev–Trinajstić information content (AvgIpc) is 3.19. The van der Waals surface area contributed by atoms with Gasteiger partial charge >= 0.3 is 0 Å². The van der Waals surface area contributed by atoms with Crippen molar-refractivity contribution in [1.82, 2.24) is 0 Å². The van der Waals surface area contributed by atoms with Crippen molar-refractivity contribution in [2.45, 2.75) is 6.42 Å². The first-order valence-electron chi connectivity index (χ1n) is 8.34. The van der Waals surface area contributed by atoms with Gasteiger partial charge in [0.05, 0.1) is 0 Å². The minimum Gasteiger partial charge on any atom is -0.456 e. The van der Waals surface area contributed by atoms with Gasteiger partial charge in [0.15, 0.2) is 0 Å². The van der Waals surface area contributed by atoms with E-state index in [0.717, 1.165) is 17.6 Å². The van der Waals surface area contributed by atoms with Crippen LogP contribution in [-0.4, -0.2) is 0 Å². The molecule has 112 valence electrons. The van der Waals surface area contributed by atoms with Crippen LogP contribution in [0.2, 0.25) is 0 Å². The standard InChI is InChI=1S/C23H14O/c1-2-6-17-14(5-1)9-10-15-13-16-11-12-20-23(22(16)21(15)17)18-7-3-4-8-19(18)24-20/h1-12H,13H2. The number of benzene rings is 4. The lowest BCUT2D eigenvalue weighted by molar-refractivity contribution is 0.669. The molecule has 0 bridgehead atoms. The molecule has 4 aromatic carbocycles. The van der Waals surface area contributed by atoms with Crippen LogP contribution in [0.15, 0.2) is 77.2 Å². The van der Waals surface area contributed by atoms with Crippen LogP contribution in [0.3, 0.4) is 0 Å². The van der Waals surface area contributed by atoms with Crippen molar-refractivity contribution in [2.75, 3.05) is 0 Å². The van der Waals surface area contributed by atoms with E-state index in [2.05, 4.69) is 66.7 Å². The quantitative estimate of drug-likeness (QED) is 0.320. The molecule has 1 aromatic heterocycles. The minimum absolute atomic E-state index is 0.967. The monoisotopic (exact) mass is 306 g/mol. The fourth-order valence-corrected chi connectivity index (χ4v) is 4.26. The molecule has 0 N–H and O–H groups in total. The highest BCUT2D eigenvalue weighted by Crippen LogP contribution is 2.47. The number of para-hydroxylation sites is 1. The molecule has 0 saturated heterocycles. The van der Waals surface area contributed by atoms with Crippen LogP contribution in [0, 0.1) is 0 Å². The van der Waals surface area contributed by atoms with Crippen molar-refractivity contribution in [2.24, 2.45) is 0 Å². The Morgan fingerprint density at radius 1 is 0.583 bits per heavy atom. The average molecular weight is 306 g/mol. The molecule has 0 aliphatic heterocycles. The summed E-state index contributed by atoms with van der Waals surface area (Å²) in [5, 5.41) is 5.11. The van der Waals surface area contributed by atoms with Crippen LogP contribution in [0.1, 0.15) is 11.1 Å². The van der Waals surface area contributed by atoms with Gasteiger partial charge in [-0.3, -0.25) is 0 Å². The van der Waals surface area contributed by atoms with Gasteiger partial charge in [0.25, 0.3) is 0 Å². The summed E-state index contributed by atoms with van der Waals surface area (Å²) >= 11 is 0. The zero-order valence-corrected chi connectivity index (χ0v) is 13.0. The first-order chi connectivity index (χ1) is 11.9. The van der Waals surface area contributed by atoms with Gasteiger partial charge in [-0.25, -0.2) is 0 Å². The molecule has 0 fully saturated rings. The second-order valence-electron chi connectivity index (χ2n) is 6.57. The Balaban J connectivity index is 1.87. The van der Waals surface area contributed by atoms with E-state index in [1.807, 2.05) is 6.07 Å². The van der Waals surface area contributed by atoms with Crippen LogP contribution in [0.25, 0.3) is 43.8 Å². The molecule has 5 aromatic rings. The molecule has 0 unspecified atom stereocenters. The summed E-state index contributed by atoms with van der Waals surface area (Å²) in [5.41, 5.74) is 7.52. The highest BCUT2D eigenvalue weighted by atomic mass is 16.3. The third kappa shape index (κ3) is 1.45. The Morgan fingerprint density at radius 3 is 2.29 bits per heavy atom. The largest absolute Gasteiger partial charge is 0.456 e. The maximum Gasteiger partial charge on any atom is 0.136 e. The van der Waals surface area contributed by atoms with E-state index >= 15 is 0 Å². The molecule has 1 nitrogen and oxygen atoms in total. The van der Waals surface area contributed by atoms with Crippen LogP contribution in [-0.2, 0) is 6.42 Å². The topological polar surface area (TPSA) is 13.1 Å². The maximum absolute atomic E-state index is 6.10. The molecular weight excluding hydrogens is 292 g/mol. The van der Waals surface area contributed by atoms with E-state index in [0.29, 0.717) is 0 Å². The fourth-order valence-electron chi connectivity index (χ4n) is 4.26. The molecule has 24 heavy (non-hydrogen) atoms. The number of fused-ring (bicyclic) bond motifs is 9. The Morgan fingerprint density at radius 2 is 1.33 bits per heavy atom. The molecule has 0 amide bonds. The van der Waals surface area contributed by atoms with Gasteiger partial charge in [-0.15, -0.1) is 0 Å². The molecule has 0 atom stereocenters. The summed E-state index contributed by atoms with van der Waals surface area (Å²) in [7, 11) is 0. The van der Waals surface area contributed by atoms with Crippen molar-refractivity contribution in [3.8, 4) is 11.1 Å². The predicted octanol–water partition coefficient (Wildman–Crippen LogP) is 6.31. The summed E-state index contributed by atoms with van der Waals surface area (Å²) < 4.78 is 6.10. The Hall–Kier alpha value is -3.06. The number of hydrogen-bond acceptors (Lipinski definition) is 1. The Kier molecular flexibility index (Phi) is 2.20. The molecule has 0 radical (unpaired) electrons. The molecule has 0 saturated carbocycles. The molecular formula is C23H14O. The molecule has 6 rings (SSSR count). The van der Waals surface area contributed by atoms with Crippen molar-refractivity contribution in [3.63, 3.8) is 0 Å². The van der Waals surface area contributed by atoms with Crippen molar-refractivity contribution < 1.29 is 4.42 Å². The number of furan rings is 1. The first-order valence-corrected chi connectivity index (χ1v) is 8.34. The van der Waals surface area contributed by atoms with E-state index in [-0.39, 0.29) is 0 Å². The lowest BCUT2D eigenvalue weighted by Gasteiger charge is -2.08. The normalized spacial score (nSPS) is 12.8. The van der Waals surface area contributed by atoms with Gasteiger partial charge in [-0.05, 0) is 51.6 Å². The summed E-state index contributed by atoms with van der Waals surface area (Å²) in [5.74, 6) is 0. The SMILES string of the molecule is c1ccc2c3c(ccc2c1)Cc1ccc2oc4ccccc4c2c1-3. The number of rotatable bonds is 0. The zero-order chi connectivity index (χ0) is 15.7. The maximum atomic E-state index is 6.10. The minimum atomic E-state index is 0.967.